The largest absolute Gasteiger partial charge is 0.496 e. The Hall–Kier alpha value is -2.98. The van der Waals surface area contributed by atoms with E-state index in [0.29, 0.717) is 28.7 Å². The van der Waals surface area contributed by atoms with Crippen LogP contribution >= 0.6 is 11.3 Å². The molecular formula is C22H26N4O4S2. The molecule has 3 rings (SSSR count). The Kier molecular flexibility index (Phi) is 7.47. The van der Waals surface area contributed by atoms with E-state index in [1.165, 1.54) is 24.8 Å². The van der Waals surface area contributed by atoms with Gasteiger partial charge in [0.05, 0.1) is 12.0 Å². The van der Waals surface area contributed by atoms with Gasteiger partial charge in [-0.05, 0) is 29.7 Å². The van der Waals surface area contributed by atoms with Crippen LogP contribution in [-0.4, -0.2) is 31.6 Å². The van der Waals surface area contributed by atoms with Gasteiger partial charge in [0.15, 0.2) is 0 Å². The highest BCUT2D eigenvalue weighted by atomic mass is 32.2. The number of benzene rings is 2. The first-order valence-electron chi connectivity index (χ1n) is 10.1. The van der Waals surface area contributed by atoms with Crippen molar-refractivity contribution in [2.75, 3.05) is 11.8 Å². The number of hydrogen-bond acceptors (Lipinski definition) is 7. The SMILES string of the molecule is CCC(=O)NCc1cc(S(=O)(=O)Nc2nnc(-c3ccc(C(C)C)cc3)s2)ccc1OC. The van der Waals surface area contributed by atoms with E-state index in [9.17, 15) is 13.2 Å². The molecule has 0 aliphatic carbocycles. The molecule has 1 aromatic heterocycles. The first-order chi connectivity index (χ1) is 15.2. The maximum absolute atomic E-state index is 12.9. The van der Waals surface area contributed by atoms with Gasteiger partial charge >= 0.3 is 0 Å². The Morgan fingerprint density at radius 1 is 1.12 bits per heavy atom. The number of rotatable bonds is 9. The van der Waals surface area contributed by atoms with E-state index in [4.69, 9.17) is 4.74 Å². The molecule has 0 aliphatic heterocycles. The zero-order chi connectivity index (χ0) is 23.3. The van der Waals surface area contributed by atoms with Gasteiger partial charge in [0.1, 0.15) is 10.8 Å². The fraction of sp³-hybridized carbons (Fsp3) is 0.318. The molecule has 2 aromatic carbocycles. The van der Waals surface area contributed by atoms with E-state index in [1.54, 1.807) is 13.0 Å². The Morgan fingerprint density at radius 3 is 2.47 bits per heavy atom. The van der Waals surface area contributed by atoms with Crippen molar-refractivity contribution in [1.82, 2.24) is 15.5 Å². The number of carbonyl (C=O) groups is 1. The van der Waals surface area contributed by atoms with Gasteiger partial charge in [-0.1, -0.05) is 56.4 Å². The monoisotopic (exact) mass is 474 g/mol. The van der Waals surface area contributed by atoms with E-state index in [-0.39, 0.29) is 22.5 Å². The fourth-order valence-corrected chi connectivity index (χ4v) is 4.97. The number of methoxy groups -OCH3 is 1. The summed E-state index contributed by atoms with van der Waals surface area (Å²) in [5, 5.41) is 11.6. The second-order valence-corrected chi connectivity index (χ2v) is 10.1. The quantitative estimate of drug-likeness (QED) is 0.482. The second kappa shape index (κ2) is 10.1. The van der Waals surface area contributed by atoms with Gasteiger partial charge in [-0.15, -0.1) is 10.2 Å². The molecule has 0 unspecified atom stereocenters. The van der Waals surface area contributed by atoms with Crippen LogP contribution in [0.3, 0.4) is 0 Å². The number of hydrogen-bond donors (Lipinski definition) is 2. The van der Waals surface area contributed by atoms with Gasteiger partial charge in [-0.25, -0.2) is 8.42 Å². The van der Waals surface area contributed by atoms with Crippen molar-refractivity contribution in [1.29, 1.82) is 0 Å². The molecule has 170 valence electrons. The third-order valence-corrected chi connectivity index (χ3v) is 7.18. The van der Waals surface area contributed by atoms with Crippen molar-refractivity contribution in [3.05, 3.63) is 53.6 Å². The third kappa shape index (κ3) is 5.63. The summed E-state index contributed by atoms with van der Waals surface area (Å²) in [7, 11) is -2.41. The topological polar surface area (TPSA) is 110 Å². The van der Waals surface area contributed by atoms with Crippen molar-refractivity contribution in [3.63, 3.8) is 0 Å². The number of carbonyl (C=O) groups excluding carboxylic acids is 1. The molecule has 0 fully saturated rings. The van der Waals surface area contributed by atoms with E-state index >= 15 is 0 Å². The van der Waals surface area contributed by atoms with Crippen LogP contribution in [0, 0.1) is 0 Å². The van der Waals surface area contributed by atoms with Crippen molar-refractivity contribution in [2.24, 2.45) is 0 Å². The number of ether oxygens (including phenoxy) is 1. The van der Waals surface area contributed by atoms with Crippen LogP contribution in [0.15, 0.2) is 47.4 Å². The minimum atomic E-state index is -3.90. The zero-order valence-electron chi connectivity index (χ0n) is 18.4. The molecule has 32 heavy (non-hydrogen) atoms. The Bertz CT molecular complexity index is 1190. The predicted octanol–water partition coefficient (Wildman–Crippen LogP) is 4.16. The number of sulfonamides is 1. The number of amides is 1. The molecule has 0 saturated heterocycles. The molecular weight excluding hydrogens is 448 g/mol. The van der Waals surface area contributed by atoms with Crippen LogP contribution in [-0.2, 0) is 21.4 Å². The third-order valence-electron chi connectivity index (χ3n) is 4.83. The van der Waals surface area contributed by atoms with Crippen LogP contribution < -0.4 is 14.8 Å². The number of anilines is 1. The molecule has 0 saturated carbocycles. The Balaban J connectivity index is 1.79. The summed E-state index contributed by atoms with van der Waals surface area (Å²) >= 11 is 1.16. The minimum absolute atomic E-state index is 0.0390. The van der Waals surface area contributed by atoms with Crippen molar-refractivity contribution in [3.8, 4) is 16.3 Å². The predicted molar refractivity (Wildman–Crippen MR) is 125 cm³/mol. The summed E-state index contributed by atoms with van der Waals surface area (Å²) in [6.07, 6.45) is 0.335. The summed E-state index contributed by atoms with van der Waals surface area (Å²) in [4.78, 5) is 11.6. The average Bonchev–Trinajstić information content (AvgIpc) is 3.24. The Morgan fingerprint density at radius 2 is 1.84 bits per heavy atom. The highest BCUT2D eigenvalue weighted by molar-refractivity contribution is 7.93. The molecule has 0 radical (unpaired) electrons. The van der Waals surface area contributed by atoms with Gasteiger partial charge in [0, 0.05) is 24.1 Å². The van der Waals surface area contributed by atoms with E-state index in [2.05, 4.69) is 34.1 Å². The summed E-state index contributed by atoms with van der Waals surface area (Å²) in [6, 6.07) is 12.4. The molecule has 10 heteroatoms. The summed E-state index contributed by atoms with van der Waals surface area (Å²) in [5.74, 6) is 0.773. The van der Waals surface area contributed by atoms with Crippen LogP contribution in [0.2, 0.25) is 0 Å². The number of nitrogens with zero attached hydrogens (tertiary/aromatic N) is 2. The molecule has 1 amide bonds. The normalized spacial score (nSPS) is 11.4. The second-order valence-electron chi connectivity index (χ2n) is 7.40. The highest BCUT2D eigenvalue weighted by Gasteiger charge is 2.19. The maximum Gasteiger partial charge on any atom is 0.263 e. The lowest BCUT2D eigenvalue weighted by molar-refractivity contribution is -0.120. The highest BCUT2D eigenvalue weighted by Crippen LogP contribution is 2.30. The molecule has 8 nitrogen and oxygen atoms in total. The fourth-order valence-electron chi connectivity index (χ4n) is 2.94. The first kappa shape index (κ1) is 23.7. The standard InChI is InChI=1S/C22H26N4O4S2/c1-5-20(27)23-13-17-12-18(10-11-19(17)30-4)32(28,29)26-22-25-24-21(31-22)16-8-6-15(7-9-16)14(2)3/h6-12,14H,5,13H2,1-4H3,(H,23,27)(H,25,26). The van der Waals surface area contributed by atoms with Gasteiger partial charge in [0.25, 0.3) is 10.0 Å². The first-order valence-corrected chi connectivity index (χ1v) is 12.4. The van der Waals surface area contributed by atoms with Crippen molar-refractivity contribution in [2.45, 2.75) is 44.6 Å². The van der Waals surface area contributed by atoms with Crippen LogP contribution in [0.1, 0.15) is 44.2 Å². The summed E-state index contributed by atoms with van der Waals surface area (Å²) < 4.78 is 33.6. The zero-order valence-corrected chi connectivity index (χ0v) is 20.0. The van der Waals surface area contributed by atoms with Crippen molar-refractivity contribution < 1.29 is 17.9 Å². The number of aromatic nitrogens is 2. The molecule has 1 heterocycles. The van der Waals surface area contributed by atoms with E-state index in [0.717, 1.165) is 16.9 Å². The Labute approximate surface area is 192 Å². The van der Waals surface area contributed by atoms with Gasteiger partial charge in [0.2, 0.25) is 11.0 Å². The van der Waals surface area contributed by atoms with E-state index < -0.39 is 10.0 Å². The molecule has 0 aliphatic rings. The van der Waals surface area contributed by atoms with Gasteiger partial charge < -0.3 is 10.1 Å². The van der Waals surface area contributed by atoms with Gasteiger partial charge in [-0.3, -0.25) is 9.52 Å². The molecule has 2 N–H and O–H groups in total. The van der Waals surface area contributed by atoms with E-state index in [1.807, 2.05) is 24.3 Å². The van der Waals surface area contributed by atoms with Crippen molar-refractivity contribution >= 4 is 32.4 Å². The summed E-state index contributed by atoms with van der Waals surface area (Å²) in [6.45, 7) is 6.14. The summed E-state index contributed by atoms with van der Waals surface area (Å²) in [5.41, 5.74) is 2.64. The average molecular weight is 475 g/mol. The smallest absolute Gasteiger partial charge is 0.263 e. The van der Waals surface area contributed by atoms with Crippen LogP contribution in [0.4, 0.5) is 5.13 Å². The molecule has 3 aromatic rings. The lowest BCUT2D eigenvalue weighted by Crippen LogP contribution is -2.22. The molecule has 0 bridgehead atoms. The van der Waals surface area contributed by atoms with Crippen LogP contribution in [0.25, 0.3) is 10.6 Å². The minimum Gasteiger partial charge on any atom is -0.496 e. The number of nitrogens with one attached hydrogen (secondary N) is 2. The maximum atomic E-state index is 12.9. The lowest BCUT2D eigenvalue weighted by atomic mass is 10.0. The molecule has 0 spiro atoms. The van der Waals surface area contributed by atoms with Crippen LogP contribution in [0.5, 0.6) is 5.75 Å². The van der Waals surface area contributed by atoms with Gasteiger partial charge in [-0.2, -0.15) is 0 Å². The molecule has 0 atom stereocenters. The lowest BCUT2D eigenvalue weighted by Gasteiger charge is -2.12.